The maximum Gasteiger partial charge on any atom is 0.290 e. The number of carbonyl (C=O) groups is 6. The average Bonchev–Trinajstić information content (AvgIpc) is 3.49. The van der Waals surface area contributed by atoms with Gasteiger partial charge in [-0.05, 0) is 99.2 Å². The fourth-order valence-electron chi connectivity index (χ4n) is 10.8. The van der Waals surface area contributed by atoms with E-state index >= 15 is 0 Å². The van der Waals surface area contributed by atoms with Crippen LogP contribution in [0.1, 0.15) is 128 Å². The Morgan fingerprint density at radius 3 is 2.22 bits per heavy atom. The third-order valence-electron chi connectivity index (χ3n) is 13.9. The van der Waals surface area contributed by atoms with Crippen molar-refractivity contribution in [1.82, 2.24) is 36.1 Å². The number of fused-ring (bicyclic) bond motifs is 2. The van der Waals surface area contributed by atoms with Gasteiger partial charge in [-0.15, -0.1) is 0 Å². The predicted molar refractivity (Wildman–Crippen MR) is 199 cm³/mol. The first-order valence-electron chi connectivity index (χ1n) is 20.6. The summed E-state index contributed by atoms with van der Waals surface area (Å²) < 4.78 is 0. The van der Waals surface area contributed by atoms with E-state index in [1.165, 1.54) is 25.0 Å². The summed E-state index contributed by atoms with van der Waals surface area (Å²) in [4.78, 5) is 94.0. The molecule has 294 valence electrons. The van der Waals surface area contributed by atoms with E-state index in [-0.39, 0.29) is 41.3 Å². The molecule has 2 saturated heterocycles. The second-order valence-electron chi connectivity index (χ2n) is 18.5. The largest absolute Gasteiger partial charge is 0.347 e. The lowest BCUT2D eigenvalue weighted by Gasteiger charge is -2.38. The molecule has 54 heavy (non-hydrogen) atoms. The van der Waals surface area contributed by atoms with Crippen LogP contribution in [0.5, 0.6) is 0 Å². The molecular formula is C41H59N7O6. The molecule has 2 aliphatic heterocycles. The van der Waals surface area contributed by atoms with Crippen LogP contribution in [0.15, 0.2) is 18.6 Å². The molecule has 2 bridgehead atoms. The molecule has 0 spiro atoms. The molecule has 1 aromatic rings. The fraction of sp³-hybridized carbons (Fsp3) is 0.756. The van der Waals surface area contributed by atoms with Crippen molar-refractivity contribution in [3.05, 3.63) is 24.3 Å². The van der Waals surface area contributed by atoms with E-state index < -0.39 is 58.5 Å². The molecule has 1 aromatic heterocycles. The number of rotatable bonds is 10. The number of hydrogen-bond acceptors (Lipinski definition) is 8. The van der Waals surface area contributed by atoms with Gasteiger partial charge in [0.15, 0.2) is 0 Å². The molecule has 0 radical (unpaired) electrons. The Morgan fingerprint density at radius 1 is 0.889 bits per heavy atom. The molecule has 7 rings (SSSR count). The van der Waals surface area contributed by atoms with Crippen LogP contribution in [0.4, 0.5) is 0 Å². The van der Waals surface area contributed by atoms with Gasteiger partial charge in [-0.3, -0.25) is 33.8 Å². The van der Waals surface area contributed by atoms with Gasteiger partial charge in [0.2, 0.25) is 23.5 Å². The summed E-state index contributed by atoms with van der Waals surface area (Å²) in [5.74, 6) is -2.40. The van der Waals surface area contributed by atoms with Gasteiger partial charge in [0.05, 0.1) is 6.20 Å². The standard InChI is InChI=1S/C41H59N7O6/c1-23(25-11-7-5-8-12-25)44-38(53)34(49)41-20-28(41)18-24-17-27-22-48(32(29(27)19-24)37(52)47-41)39(54)33(40(2,3)4)46-36(51)31(26-13-9-6-10-14-26)45-35(50)30-21-42-15-16-43-30/h15-16,21,23-29,31-33H,5-14,17-20,22H2,1-4H3,(H,44,53)(H,45,50)(H,46,51)(H,47,52)/t23-,24?,27-,28?,29-,31-,32?,33+,41?/m0/s1. The summed E-state index contributed by atoms with van der Waals surface area (Å²) in [7, 11) is 0. The molecule has 4 unspecified atom stereocenters. The Kier molecular flexibility index (Phi) is 10.9. The fourth-order valence-corrected chi connectivity index (χ4v) is 10.8. The van der Waals surface area contributed by atoms with Crippen molar-refractivity contribution < 1.29 is 28.8 Å². The highest BCUT2D eigenvalue weighted by Crippen LogP contribution is 2.56. The highest BCUT2D eigenvalue weighted by Gasteiger charge is 2.66. The van der Waals surface area contributed by atoms with E-state index in [4.69, 9.17) is 0 Å². The Labute approximate surface area is 318 Å². The molecule has 0 aromatic carbocycles. The van der Waals surface area contributed by atoms with E-state index in [9.17, 15) is 28.8 Å². The van der Waals surface area contributed by atoms with Gasteiger partial charge in [-0.1, -0.05) is 59.3 Å². The van der Waals surface area contributed by atoms with Crippen molar-refractivity contribution in [3.8, 4) is 0 Å². The van der Waals surface area contributed by atoms with E-state index in [1.807, 2.05) is 27.7 Å². The summed E-state index contributed by atoms with van der Waals surface area (Å²) in [6, 6.07) is -2.80. The highest BCUT2D eigenvalue weighted by atomic mass is 16.2. The van der Waals surface area contributed by atoms with Gasteiger partial charge in [-0.25, -0.2) is 4.98 Å². The number of nitrogens with zero attached hydrogens (tertiary/aromatic N) is 3. The summed E-state index contributed by atoms with van der Waals surface area (Å²) >= 11 is 0. The lowest BCUT2D eigenvalue weighted by Crippen LogP contribution is -2.62. The summed E-state index contributed by atoms with van der Waals surface area (Å²) in [5, 5.41) is 12.0. The number of ketones is 1. The molecular weight excluding hydrogens is 686 g/mol. The minimum atomic E-state index is -1.25. The molecule has 13 nitrogen and oxygen atoms in total. The SMILES string of the molecule is C[C@H](NC(=O)C(=O)C12CC1CC1C[C@H]3CN(C(=O)[C@@H](NC(=O)[C@@H](NC(=O)c4cnccn4)C4CCCCC4)C(C)(C)C)C(C(=O)N2)[C@H]3C1)C1CCCCC1. The van der Waals surface area contributed by atoms with E-state index in [1.54, 1.807) is 4.90 Å². The zero-order valence-electron chi connectivity index (χ0n) is 32.4. The Hall–Kier alpha value is -3.90. The molecule has 4 saturated carbocycles. The first kappa shape index (κ1) is 38.4. The van der Waals surface area contributed by atoms with Gasteiger partial charge < -0.3 is 26.2 Å². The zero-order valence-corrected chi connectivity index (χ0v) is 32.4. The molecule has 4 N–H and O–H groups in total. The van der Waals surface area contributed by atoms with Crippen LogP contribution in [-0.2, 0) is 24.0 Å². The van der Waals surface area contributed by atoms with Crippen LogP contribution in [0.3, 0.4) is 0 Å². The van der Waals surface area contributed by atoms with Gasteiger partial charge in [0.25, 0.3) is 11.8 Å². The van der Waals surface area contributed by atoms with Crippen LogP contribution < -0.4 is 21.3 Å². The number of nitrogens with one attached hydrogen (secondary N) is 4. The second kappa shape index (κ2) is 15.3. The molecule has 4 aliphatic carbocycles. The topological polar surface area (TPSA) is 180 Å². The predicted octanol–water partition coefficient (Wildman–Crippen LogP) is 3.47. The maximum absolute atomic E-state index is 14.8. The van der Waals surface area contributed by atoms with Crippen molar-refractivity contribution in [1.29, 1.82) is 0 Å². The first-order valence-corrected chi connectivity index (χ1v) is 20.6. The summed E-state index contributed by atoms with van der Waals surface area (Å²) in [6.07, 6.45) is 17.1. The molecule has 6 aliphatic rings. The Balaban J connectivity index is 1.09. The number of Topliss-reactive ketones (excluding diaryl/α,β-unsaturated/α-hetero) is 1. The minimum Gasteiger partial charge on any atom is -0.347 e. The van der Waals surface area contributed by atoms with Crippen LogP contribution in [0, 0.1) is 40.9 Å². The summed E-state index contributed by atoms with van der Waals surface area (Å²) in [5.41, 5.74) is -1.88. The number of likely N-dealkylation sites (tertiary alicyclic amines) is 1. The number of hydrogen-bond donors (Lipinski definition) is 4. The van der Waals surface area contributed by atoms with Gasteiger partial charge >= 0.3 is 0 Å². The molecule has 6 fully saturated rings. The third-order valence-corrected chi connectivity index (χ3v) is 13.9. The van der Waals surface area contributed by atoms with Crippen molar-refractivity contribution in [2.24, 2.45) is 40.9 Å². The third kappa shape index (κ3) is 7.65. The molecule has 5 amide bonds. The zero-order chi connectivity index (χ0) is 38.4. The highest BCUT2D eigenvalue weighted by molar-refractivity contribution is 6.41. The number of carbonyl (C=O) groups excluding carboxylic acids is 6. The van der Waals surface area contributed by atoms with Gasteiger partial charge in [0, 0.05) is 25.0 Å². The lowest BCUT2D eigenvalue weighted by atomic mass is 9.82. The lowest BCUT2D eigenvalue weighted by molar-refractivity contribution is -0.146. The van der Waals surface area contributed by atoms with E-state index in [0.29, 0.717) is 24.8 Å². The van der Waals surface area contributed by atoms with E-state index in [0.717, 1.165) is 77.0 Å². The van der Waals surface area contributed by atoms with Gasteiger partial charge in [-0.2, -0.15) is 0 Å². The maximum atomic E-state index is 14.8. The van der Waals surface area contributed by atoms with Crippen molar-refractivity contribution in [3.63, 3.8) is 0 Å². The van der Waals surface area contributed by atoms with Crippen LogP contribution in [-0.4, -0.2) is 86.4 Å². The van der Waals surface area contributed by atoms with Crippen molar-refractivity contribution >= 4 is 35.3 Å². The van der Waals surface area contributed by atoms with Crippen molar-refractivity contribution in [2.45, 2.75) is 147 Å². The first-order chi connectivity index (χ1) is 25.8. The quantitative estimate of drug-likeness (QED) is 0.263. The average molecular weight is 746 g/mol. The van der Waals surface area contributed by atoms with Crippen LogP contribution >= 0.6 is 0 Å². The number of aromatic nitrogens is 2. The summed E-state index contributed by atoms with van der Waals surface area (Å²) in [6.45, 7) is 8.01. The van der Waals surface area contributed by atoms with Gasteiger partial charge in [0.1, 0.15) is 29.4 Å². The minimum absolute atomic E-state index is 0.0682. The Bertz CT molecular complexity index is 1620. The second-order valence-corrected chi connectivity index (χ2v) is 18.5. The number of amides is 5. The van der Waals surface area contributed by atoms with Crippen LogP contribution in [0.25, 0.3) is 0 Å². The Morgan fingerprint density at radius 2 is 1.57 bits per heavy atom. The molecule has 9 atom stereocenters. The molecule has 3 heterocycles. The van der Waals surface area contributed by atoms with Crippen molar-refractivity contribution in [2.75, 3.05) is 6.54 Å². The van der Waals surface area contributed by atoms with Crippen LogP contribution in [0.2, 0.25) is 0 Å². The monoisotopic (exact) mass is 745 g/mol. The molecule has 13 heteroatoms. The smallest absolute Gasteiger partial charge is 0.290 e. The normalized spacial score (nSPS) is 31.4. The van der Waals surface area contributed by atoms with E-state index in [2.05, 4.69) is 31.2 Å².